The molecule has 1 rings (SSSR count). The predicted molar refractivity (Wildman–Crippen MR) is 78.6 cm³/mol. The number of nitrogens with one attached hydrogen (secondary N) is 2. The molecule has 0 aliphatic heterocycles. The van der Waals surface area contributed by atoms with Crippen LogP contribution in [0.3, 0.4) is 0 Å². The molecule has 4 heteroatoms. The van der Waals surface area contributed by atoms with Gasteiger partial charge in [-0.1, -0.05) is 26.0 Å². The quantitative estimate of drug-likeness (QED) is 0.710. The standard InChI is InChI=1S/C15H24N2O2/c1-4-9-16-10-12(2)11-19-15-8-6-5-7-14(15)17-13(3)18/h5-8,12,16H,4,9-11H2,1-3H3,(H,17,18). The molecule has 1 unspecified atom stereocenters. The van der Waals surface area contributed by atoms with Crippen molar-refractivity contribution in [1.29, 1.82) is 0 Å². The lowest BCUT2D eigenvalue weighted by Crippen LogP contribution is -2.25. The highest BCUT2D eigenvalue weighted by atomic mass is 16.5. The minimum absolute atomic E-state index is 0.0892. The van der Waals surface area contributed by atoms with Gasteiger partial charge in [-0.2, -0.15) is 0 Å². The fourth-order valence-electron chi connectivity index (χ4n) is 1.70. The second-order valence-electron chi connectivity index (χ2n) is 4.80. The number of rotatable bonds is 8. The van der Waals surface area contributed by atoms with Crippen LogP contribution >= 0.6 is 0 Å². The minimum atomic E-state index is -0.0892. The van der Waals surface area contributed by atoms with Crippen LogP contribution in [0.25, 0.3) is 0 Å². The summed E-state index contributed by atoms with van der Waals surface area (Å²) >= 11 is 0. The summed E-state index contributed by atoms with van der Waals surface area (Å²) < 4.78 is 5.78. The Hall–Kier alpha value is -1.55. The monoisotopic (exact) mass is 264 g/mol. The van der Waals surface area contributed by atoms with Gasteiger partial charge in [-0.15, -0.1) is 0 Å². The van der Waals surface area contributed by atoms with Gasteiger partial charge in [0.25, 0.3) is 0 Å². The molecule has 0 aliphatic carbocycles. The second-order valence-corrected chi connectivity index (χ2v) is 4.80. The molecule has 0 radical (unpaired) electrons. The largest absolute Gasteiger partial charge is 0.491 e. The second kappa shape index (κ2) is 8.53. The van der Waals surface area contributed by atoms with Crippen LogP contribution in [0.2, 0.25) is 0 Å². The molecule has 106 valence electrons. The smallest absolute Gasteiger partial charge is 0.221 e. The van der Waals surface area contributed by atoms with Gasteiger partial charge in [0.05, 0.1) is 12.3 Å². The Morgan fingerprint density at radius 1 is 1.37 bits per heavy atom. The molecule has 1 atom stereocenters. The molecule has 4 nitrogen and oxygen atoms in total. The minimum Gasteiger partial charge on any atom is -0.491 e. The number of carbonyl (C=O) groups excluding carboxylic acids is 1. The fraction of sp³-hybridized carbons (Fsp3) is 0.533. The molecule has 2 N–H and O–H groups in total. The van der Waals surface area contributed by atoms with Crippen molar-refractivity contribution in [2.75, 3.05) is 25.0 Å². The molecule has 0 saturated carbocycles. The Labute approximate surface area is 115 Å². The van der Waals surface area contributed by atoms with Gasteiger partial charge in [0.15, 0.2) is 0 Å². The van der Waals surface area contributed by atoms with E-state index in [0.29, 0.717) is 12.5 Å². The van der Waals surface area contributed by atoms with E-state index >= 15 is 0 Å². The Kier molecular flexibility index (Phi) is 6.97. The van der Waals surface area contributed by atoms with Crippen molar-refractivity contribution in [3.63, 3.8) is 0 Å². The summed E-state index contributed by atoms with van der Waals surface area (Å²) in [6.07, 6.45) is 1.14. The number of benzene rings is 1. The summed E-state index contributed by atoms with van der Waals surface area (Å²) in [6.45, 7) is 8.39. The molecule has 0 bridgehead atoms. The Morgan fingerprint density at radius 3 is 2.79 bits per heavy atom. The molecule has 0 heterocycles. The molecular formula is C15H24N2O2. The lowest BCUT2D eigenvalue weighted by Gasteiger charge is -2.16. The number of amides is 1. The van der Waals surface area contributed by atoms with Gasteiger partial charge < -0.3 is 15.4 Å². The van der Waals surface area contributed by atoms with Crippen LogP contribution in [0.4, 0.5) is 5.69 Å². The van der Waals surface area contributed by atoms with Crippen molar-refractivity contribution in [1.82, 2.24) is 5.32 Å². The zero-order valence-corrected chi connectivity index (χ0v) is 12.0. The Morgan fingerprint density at radius 2 is 2.11 bits per heavy atom. The average molecular weight is 264 g/mol. The molecule has 0 spiro atoms. The van der Waals surface area contributed by atoms with Crippen LogP contribution in [-0.2, 0) is 4.79 Å². The van der Waals surface area contributed by atoms with Crippen molar-refractivity contribution < 1.29 is 9.53 Å². The van der Waals surface area contributed by atoms with E-state index in [1.54, 1.807) is 0 Å². The summed E-state index contributed by atoms with van der Waals surface area (Å²) in [5.74, 6) is 1.06. The lowest BCUT2D eigenvalue weighted by molar-refractivity contribution is -0.114. The highest BCUT2D eigenvalue weighted by Crippen LogP contribution is 2.24. The van der Waals surface area contributed by atoms with Crippen molar-refractivity contribution >= 4 is 11.6 Å². The first-order chi connectivity index (χ1) is 9.13. The van der Waals surface area contributed by atoms with Crippen LogP contribution < -0.4 is 15.4 Å². The number of hydrogen-bond donors (Lipinski definition) is 2. The molecule has 1 amide bonds. The molecule has 0 fully saturated rings. The zero-order valence-electron chi connectivity index (χ0n) is 12.0. The van der Waals surface area contributed by atoms with Gasteiger partial charge in [0.2, 0.25) is 5.91 Å². The van der Waals surface area contributed by atoms with Gasteiger partial charge in [-0.05, 0) is 25.1 Å². The summed E-state index contributed by atoms with van der Waals surface area (Å²) in [5.41, 5.74) is 0.726. The van der Waals surface area contributed by atoms with E-state index in [2.05, 4.69) is 24.5 Å². The zero-order chi connectivity index (χ0) is 14.1. The normalized spacial score (nSPS) is 11.9. The average Bonchev–Trinajstić information content (AvgIpc) is 2.37. The molecule has 0 aromatic heterocycles. The van der Waals surface area contributed by atoms with Crippen LogP contribution in [-0.4, -0.2) is 25.6 Å². The summed E-state index contributed by atoms with van der Waals surface area (Å²) in [7, 11) is 0. The van der Waals surface area contributed by atoms with E-state index in [-0.39, 0.29) is 5.91 Å². The van der Waals surface area contributed by atoms with E-state index < -0.39 is 0 Å². The SMILES string of the molecule is CCCNCC(C)COc1ccccc1NC(C)=O. The molecule has 1 aromatic carbocycles. The third-order valence-corrected chi connectivity index (χ3v) is 2.64. The summed E-state index contributed by atoms with van der Waals surface area (Å²) in [5, 5.41) is 6.14. The predicted octanol–water partition coefficient (Wildman–Crippen LogP) is 2.66. The van der Waals surface area contributed by atoms with Crippen LogP contribution in [0.15, 0.2) is 24.3 Å². The van der Waals surface area contributed by atoms with E-state index in [0.717, 1.165) is 30.9 Å². The van der Waals surface area contributed by atoms with Gasteiger partial charge in [-0.3, -0.25) is 4.79 Å². The fourth-order valence-corrected chi connectivity index (χ4v) is 1.70. The Bertz CT molecular complexity index is 393. The molecular weight excluding hydrogens is 240 g/mol. The van der Waals surface area contributed by atoms with Gasteiger partial charge >= 0.3 is 0 Å². The molecule has 1 aromatic rings. The maximum Gasteiger partial charge on any atom is 0.221 e. The highest BCUT2D eigenvalue weighted by molar-refractivity contribution is 5.90. The van der Waals surface area contributed by atoms with Crippen molar-refractivity contribution in [3.05, 3.63) is 24.3 Å². The first-order valence-electron chi connectivity index (χ1n) is 6.83. The third-order valence-electron chi connectivity index (χ3n) is 2.64. The van der Waals surface area contributed by atoms with Gasteiger partial charge in [0, 0.05) is 19.4 Å². The molecule has 19 heavy (non-hydrogen) atoms. The maximum absolute atomic E-state index is 11.1. The molecule has 0 saturated heterocycles. The summed E-state index contributed by atoms with van der Waals surface area (Å²) in [6, 6.07) is 7.50. The van der Waals surface area contributed by atoms with E-state index in [4.69, 9.17) is 4.74 Å². The van der Waals surface area contributed by atoms with Gasteiger partial charge in [-0.25, -0.2) is 0 Å². The topological polar surface area (TPSA) is 50.4 Å². The van der Waals surface area contributed by atoms with E-state index in [1.807, 2.05) is 24.3 Å². The number of para-hydroxylation sites is 2. The molecule has 0 aliphatic rings. The maximum atomic E-state index is 11.1. The Balaban J connectivity index is 2.45. The van der Waals surface area contributed by atoms with Crippen LogP contribution in [0, 0.1) is 5.92 Å². The first kappa shape index (κ1) is 15.5. The number of ether oxygens (including phenoxy) is 1. The van der Waals surface area contributed by atoms with Gasteiger partial charge in [0.1, 0.15) is 5.75 Å². The number of anilines is 1. The van der Waals surface area contributed by atoms with Crippen molar-refractivity contribution in [2.45, 2.75) is 27.2 Å². The number of hydrogen-bond acceptors (Lipinski definition) is 3. The highest BCUT2D eigenvalue weighted by Gasteiger charge is 2.07. The van der Waals surface area contributed by atoms with E-state index in [9.17, 15) is 4.79 Å². The first-order valence-corrected chi connectivity index (χ1v) is 6.83. The van der Waals surface area contributed by atoms with E-state index in [1.165, 1.54) is 6.92 Å². The van der Waals surface area contributed by atoms with Crippen LogP contribution in [0.5, 0.6) is 5.75 Å². The van der Waals surface area contributed by atoms with Crippen LogP contribution in [0.1, 0.15) is 27.2 Å². The summed E-state index contributed by atoms with van der Waals surface area (Å²) in [4.78, 5) is 11.1. The lowest BCUT2D eigenvalue weighted by atomic mass is 10.2. The third kappa shape index (κ3) is 6.25. The van der Waals surface area contributed by atoms with Crippen molar-refractivity contribution in [2.24, 2.45) is 5.92 Å². The van der Waals surface area contributed by atoms with Crippen molar-refractivity contribution in [3.8, 4) is 5.75 Å². The number of carbonyl (C=O) groups is 1.